The van der Waals surface area contributed by atoms with Crippen LogP contribution < -0.4 is 16.1 Å². The molecule has 0 aliphatic carbocycles. The maximum Gasteiger partial charge on any atom is 0.257 e. The van der Waals surface area contributed by atoms with E-state index in [1.165, 1.54) is 11.8 Å². The van der Waals surface area contributed by atoms with Gasteiger partial charge in [0.05, 0.1) is 0 Å². The number of aromatic amines is 1. The van der Waals surface area contributed by atoms with E-state index in [0.717, 1.165) is 24.2 Å². The summed E-state index contributed by atoms with van der Waals surface area (Å²) in [4.78, 5) is 27.8. The van der Waals surface area contributed by atoms with E-state index < -0.39 is 0 Å². The fraction of sp³-hybridized carbons (Fsp3) is 0.200. The first-order valence-electron chi connectivity index (χ1n) is 8.36. The molecule has 26 heavy (non-hydrogen) atoms. The van der Waals surface area contributed by atoms with Gasteiger partial charge in [0, 0.05) is 30.2 Å². The van der Waals surface area contributed by atoms with Crippen LogP contribution in [0.1, 0.15) is 28.4 Å². The summed E-state index contributed by atoms with van der Waals surface area (Å²) >= 11 is 0. The van der Waals surface area contributed by atoms with Crippen molar-refractivity contribution < 1.29 is 4.79 Å². The Kier molecular flexibility index (Phi) is 6.95. The molecule has 0 fully saturated rings. The lowest BCUT2D eigenvalue weighted by molar-refractivity contribution is 0.0949. The smallest absolute Gasteiger partial charge is 0.257 e. The highest BCUT2D eigenvalue weighted by Gasteiger charge is 2.12. The van der Waals surface area contributed by atoms with Crippen LogP contribution in [0, 0.1) is 0 Å². The number of aromatic nitrogens is 1. The van der Waals surface area contributed by atoms with Crippen molar-refractivity contribution in [1.29, 1.82) is 0 Å². The normalized spacial score (nSPS) is 10.3. The van der Waals surface area contributed by atoms with Gasteiger partial charge in [0.2, 0.25) is 5.43 Å². The monoisotopic (exact) mass is 371 g/mol. The number of benzene rings is 2. The first kappa shape index (κ1) is 19.7. The molecule has 0 saturated carbocycles. The summed E-state index contributed by atoms with van der Waals surface area (Å²) < 4.78 is 0. The number of fused-ring (bicyclic) bond motifs is 1. The second-order valence-corrected chi connectivity index (χ2v) is 5.86. The molecule has 0 spiro atoms. The number of halogens is 1. The summed E-state index contributed by atoms with van der Waals surface area (Å²) in [6, 6.07) is 15.2. The van der Waals surface area contributed by atoms with Gasteiger partial charge in [-0.2, -0.15) is 0 Å². The van der Waals surface area contributed by atoms with Crippen molar-refractivity contribution in [2.75, 3.05) is 6.54 Å². The van der Waals surface area contributed by atoms with E-state index >= 15 is 0 Å². The van der Waals surface area contributed by atoms with Crippen LogP contribution in [0.3, 0.4) is 0 Å². The number of nitrogens with one attached hydrogen (secondary N) is 3. The van der Waals surface area contributed by atoms with Gasteiger partial charge < -0.3 is 15.6 Å². The minimum absolute atomic E-state index is 0. The zero-order valence-corrected chi connectivity index (χ0v) is 15.4. The number of amides is 1. The molecule has 6 heteroatoms. The Morgan fingerprint density at radius 2 is 1.65 bits per heavy atom. The van der Waals surface area contributed by atoms with Gasteiger partial charge in [0.1, 0.15) is 5.56 Å². The van der Waals surface area contributed by atoms with Crippen molar-refractivity contribution in [3.8, 4) is 0 Å². The molecule has 5 nitrogen and oxygen atoms in total. The van der Waals surface area contributed by atoms with E-state index in [0.29, 0.717) is 11.9 Å². The molecule has 3 aromatic rings. The average Bonchev–Trinajstić information content (AvgIpc) is 2.66. The predicted molar refractivity (Wildman–Crippen MR) is 107 cm³/mol. The molecule has 0 saturated heterocycles. The predicted octanol–water partition coefficient (Wildman–Crippen LogP) is 2.99. The van der Waals surface area contributed by atoms with Gasteiger partial charge in [-0.25, -0.2) is 0 Å². The number of para-hydroxylation sites is 1. The van der Waals surface area contributed by atoms with Crippen molar-refractivity contribution in [2.24, 2.45) is 0 Å². The SMILES string of the molecule is CCNCc1ccc(CNC(=O)c2c[nH]c3ccccc3c2=O)cc1.Cl. The van der Waals surface area contributed by atoms with Crippen molar-refractivity contribution in [3.05, 3.63) is 81.6 Å². The molecule has 1 amide bonds. The summed E-state index contributed by atoms with van der Waals surface area (Å²) in [5.41, 5.74) is 2.78. The third-order valence-electron chi connectivity index (χ3n) is 4.09. The second kappa shape index (κ2) is 9.17. The van der Waals surface area contributed by atoms with Gasteiger partial charge in [-0.05, 0) is 29.8 Å². The third kappa shape index (κ3) is 4.50. The van der Waals surface area contributed by atoms with Gasteiger partial charge >= 0.3 is 0 Å². The molecule has 1 aromatic heterocycles. The standard InChI is InChI=1S/C20H21N3O2.ClH/c1-2-21-11-14-7-9-15(10-8-14)12-23-20(25)17-13-22-18-6-4-3-5-16(18)19(17)24;/h3-10,13,21H,2,11-12H2,1H3,(H,22,24)(H,23,25);1H. The van der Waals surface area contributed by atoms with Crippen LogP contribution in [0.5, 0.6) is 0 Å². The van der Waals surface area contributed by atoms with Crippen LogP contribution in [0.4, 0.5) is 0 Å². The average molecular weight is 372 g/mol. The molecule has 3 N–H and O–H groups in total. The van der Waals surface area contributed by atoms with E-state index in [4.69, 9.17) is 0 Å². The topological polar surface area (TPSA) is 74.0 Å². The number of pyridine rings is 1. The Morgan fingerprint density at radius 1 is 1.00 bits per heavy atom. The number of carbonyl (C=O) groups is 1. The number of carbonyl (C=O) groups excluding carboxylic acids is 1. The fourth-order valence-electron chi connectivity index (χ4n) is 2.66. The summed E-state index contributed by atoms with van der Waals surface area (Å²) in [7, 11) is 0. The largest absolute Gasteiger partial charge is 0.360 e. The first-order chi connectivity index (χ1) is 12.2. The van der Waals surface area contributed by atoms with Crippen molar-refractivity contribution >= 4 is 29.2 Å². The van der Waals surface area contributed by atoms with Gasteiger partial charge in [-0.15, -0.1) is 12.4 Å². The lowest BCUT2D eigenvalue weighted by Crippen LogP contribution is -2.28. The lowest BCUT2D eigenvalue weighted by Gasteiger charge is -2.07. The molecule has 2 aromatic carbocycles. The van der Waals surface area contributed by atoms with E-state index in [2.05, 4.69) is 22.5 Å². The second-order valence-electron chi connectivity index (χ2n) is 5.86. The number of rotatable bonds is 6. The van der Waals surface area contributed by atoms with Crippen molar-refractivity contribution in [2.45, 2.75) is 20.0 Å². The zero-order chi connectivity index (χ0) is 17.6. The summed E-state index contributed by atoms with van der Waals surface area (Å²) in [5.74, 6) is -0.372. The number of H-pyrrole nitrogens is 1. The maximum atomic E-state index is 12.4. The summed E-state index contributed by atoms with van der Waals surface area (Å²) in [6.45, 7) is 4.21. The van der Waals surface area contributed by atoms with Gasteiger partial charge in [0.25, 0.3) is 5.91 Å². The van der Waals surface area contributed by atoms with Crippen LogP contribution >= 0.6 is 12.4 Å². The van der Waals surface area contributed by atoms with E-state index in [-0.39, 0.29) is 29.3 Å². The Morgan fingerprint density at radius 3 is 2.35 bits per heavy atom. The quantitative estimate of drug-likeness (QED) is 0.623. The molecular formula is C20H22ClN3O2. The van der Waals surface area contributed by atoms with Gasteiger partial charge in [-0.3, -0.25) is 9.59 Å². The highest BCUT2D eigenvalue weighted by molar-refractivity contribution is 5.97. The van der Waals surface area contributed by atoms with Crippen LogP contribution in [0.25, 0.3) is 10.9 Å². The fourth-order valence-corrected chi connectivity index (χ4v) is 2.66. The molecule has 0 atom stereocenters. The van der Waals surface area contributed by atoms with Gasteiger partial charge in [-0.1, -0.05) is 43.3 Å². The molecule has 0 radical (unpaired) electrons. The molecule has 0 aliphatic rings. The van der Waals surface area contributed by atoms with Crippen LogP contribution in [0.15, 0.2) is 59.5 Å². The van der Waals surface area contributed by atoms with Crippen LogP contribution in [-0.2, 0) is 13.1 Å². The highest BCUT2D eigenvalue weighted by Crippen LogP contribution is 2.08. The molecule has 136 valence electrons. The number of hydrogen-bond acceptors (Lipinski definition) is 3. The van der Waals surface area contributed by atoms with Crippen molar-refractivity contribution in [1.82, 2.24) is 15.6 Å². The minimum atomic E-state index is -0.372. The Labute approximate surface area is 158 Å². The highest BCUT2D eigenvalue weighted by atomic mass is 35.5. The zero-order valence-electron chi connectivity index (χ0n) is 14.5. The Balaban J connectivity index is 0.00000243. The van der Waals surface area contributed by atoms with Crippen LogP contribution in [-0.4, -0.2) is 17.4 Å². The lowest BCUT2D eigenvalue weighted by atomic mass is 10.1. The molecule has 0 unspecified atom stereocenters. The molecule has 3 rings (SSSR count). The summed E-state index contributed by atoms with van der Waals surface area (Å²) in [5, 5.41) is 6.59. The number of hydrogen-bond donors (Lipinski definition) is 3. The minimum Gasteiger partial charge on any atom is -0.360 e. The Bertz CT molecular complexity index is 936. The molecule has 0 bridgehead atoms. The van der Waals surface area contributed by atoms with E-state index in [1.54, 1.807) is 12.1 Å². The Hall–Kier alpha value is -2.63. The van der Waals surface area contributed by atoms with Gasteiger partial charge in [0.15, 0.2) is 0 Å². The molecule has 1 heterocycles. The third-order valence-corrected chi connectivity index (χ3v) is 4.09. The molecule has 0 aliphatic heterocycles. The first-order valence-corrected chi connectivity index (χ1v) is 8.36. The van der Waals surface area contributed by atoms with E-state index in [1.807, 2.05) is 36.4 Å². The maximum absolute atomic E-state index is 12.4. The molecular weight excluding hydrogens is 350 g/mol. The van der Waals surface area contributed by atoms with E-state index in [9.17, 15) is 9.59 Å². The van der Waals surface area contributed by atoms with Crippen LogP contribution in [0.2, 0.25) is 0 Å². The summed E-state index contributed by atoms with van der Waals surface area (Å²) in [6.07, 6.45) is 1.47. The van der Waals surface area contributed by atoms with Crippen molar-refractivity contribution in [3.63, 3.8) is 0 Å².